The molecule has 0 bridgehead atoms. The zero-order valence-corrected chi connectivity index (χ0v) is 11.6. The van der Waals surface area contributed by atoms with E-state index in [0.717, 1.165) is 23.2 Å². The number of rotatable bonds is 2. The van der Waals surface area contributed by atoms with Crippen LogP contribution in [0.15, 0.2) is 42.5 Å². The van der Waals surface area contributed by atoms with Gasteiger partial charge in [-0.25, -0.2) is 0 Å². The molecule has 20 heavy (non-hydrogen) atoms. The van der Waals surface area contributed by atoms with Gasteiger partial charge in [0.15, 0.2) is 0 Å². The molecule has 2 unspecified atom stereocenters. The van der Waals surface area contributed by atoms with Crippen molar-refractivity contribution in [2.24, 2.45) is 0 Å². The number of nitrogens with one attached hydrogen (secondary N) is 1. The first-order valence-corrected chi connectivity index (χ1v) is 6.97. The van der Waals surface area contributed by atoms with Gasteiger partial charge in [-0.2, -0.15) is 0 Å². The Balaban J connectivity index is 1.97. The minimum Gasteiger partial charge on any atom is -0.508 e. The summed E-state index contributed by atoms with van der Waals surface area (Å²) in [4.78, 5) is 0. The van der Waals surface area contributed by atoms with Crippen molar-refractivity contribution in [2.45, 2.75) is 18.4 Å². The Morgan fingerprint density at radius 2 is 1.75 bits per heavy atom. The SMILES string of the molecule is Oc1ccc(C2Cc3ccc(O)cc3NC2C=S)cc1. The molecule has 0 amide bonds. The third-order valence-electron chi connectivity index (χ3n) is 3.76. The average molecular weight is 285 g/mol. The molecule has 1 heterocycles. The highest BCUT2D eigenvalue weighted by Crippen LogP contribution is 2.36. The first-order chi connectivity index (χ1) is 9.67. The molecular formula is C16H15NO2S. The van der Waals surface area contributed by atoms with Gasteiger partial charge in [0.05, 0.1) is 6.04 Å². The van der Waals surface area contributed by atoms with Crippen LogP contribution in [0, 0.1) is 0 Å². The fourth-order valence-electron chi connectivity index (χ4n) is 2.70. The first kappa shape index (κ1) is 12.9. The summed E-state index contributed by atoms with van der Waals surface area (Å²) in [6, 6.07) is 12.6. The number of hydrogen-bond donors (Lipinski definition) is 3. The molecule has 4 heteroatoms. The van der Waals surface area contributed by atoms with Crippen LogP contribution < -0.4 is 5.32 Å². The van der Waals surface area contributed by atoms with E-state index in [-0.39, 0.29) is 23.5 Å². The zero-order chi connectivity index (χ0) is 14.1. The summed E-state index contributed by atoms with van der Waals surface area (Å²) in [5, 5.41) is 24.0. The molecule has 3 nitrogen and oxygen atoms in total. The topological polar surface area (TPSA) is 52.5 Å². The lowest BCUT2D eigenvalue weighted by Gasteiger charge is -2.33. The van der Waals surface area contributed by atoms with Gasteiger partial charge in [-0.15, -0.1) is 0 Å². The second-order valence-corrected chi connectivity index (χ2v) is 5.32. The number of benzene rings is 2. The van der Waals surface area contributed by atoms with Gasteiger partial charge in [-0.05, 0) is 35.7 Å². The molecule has 0 fully saturated rings. The van der Waals surface area contributed by atoms with E-state index < -0.39 is 0 Å². The molecule has 1 aliphatic heterocycles. The van der Waals surface area contributed by atoms with Crippen LogP contribution >= 0.6 is 12.2 Å². The number of hydrogen-bond acceptors (Lipinski definition) is 4. The van der Waals surface area contributed by atoms with Gasteiger partial charge in [0.2, 0.25) is 0 Å². The number of phenolic OH excluding ortho intramolecular Hbond substituents is 2. The fraction of sp³-hybridized carbons (Fsp3) is 0.188. The van der Waals surface area contributed by atoms with Crippen molar-refractivity contribution in [3.63, 3.8) is 0 Å². The summed E-state index contributed by atoms with van der Waals surface area (Å²) in [5.74, 6) is 0.745. The number of thiocarbonyl (C=S) groups is 1. The summed E-state index contributed by atoms with van der Waals surface area (Å²) < 4.78 is 0. The van der Waals surface area contributed by atoms with Crippen molar-refractivity contribution in [1.82, 2.24) is 0 Å². The molecule has 3 rings (SSSR count). The van der Waals surface area contributed by atoms with E-state index in [1.807, 2.05) is 18.2 Å². The van der Waals surface area contributed by atoms with Crippen LogP contribution in [0.4, 0.5) is 5.69 Å². The monoisotopic (exact) mass is 285 g/mol. The minimum atomic E-state index is 0.0313. The molecule has 2 aromatic rings. The Morgan fingerprint density at radius 3 is 2.45 bits per heavy atom. The molecule has 102 valence electrons. The highest BCUT2D eigenvalue weighted by Gasteiger charge is 2.27. The summed E-state index contributed by atoms with van der Waals surface area (Å²) in [6.45, 7) is 0. The quantitative estimate of drug-likeness (QED) is 0.742. The predicted octanol–water partition coefficient (Wildman–Crippen LogP) is 3.22. The lowest BCUT2D eigenvalue weighted by molar-refractivity contribution is 0.473. The molecule has 0 aliphatic carbocycles. The smallest absolute Gasteiger partial charge is 0.117 e. The maximum Gasteiger partial charge on any atom is 0.117 e. The second kappa shape index (κ2) is 5.13. The molecule has 0 saturated heterocycles. The molecule has 2 atom stereocenters. The maximum atomic E-state index is 9.56. The van der Waals surface area contributed by atoms with Crippen molar-refractivity contribution in [3.8, 4) is 11.5 Å². The third-order valence-corrected chi connectivity index (χ3v) is 4.05. The van der Waals surface area contributed by atoms with E-state index in [1.165, 1.54) is 0 Å². The lowest BCUT2D eigenvalue weighted by atomic mass is 9.83. The summed E-state index contributed by atoms with van der Waals surface area (Å²) in [6.07, 6.45) is 0.852. The van der Waals surface area contributed by atoms with Gasteiger partial charge in [0.25, 0.3) is 0 Å². The van der Waals surface area contributed by atoms with Crippen LogP contribution in [0.1, 0.15) is 17.0 Å². The van der Waals surface area contributed by atoms with Crippen LogP contribution in [0.5, 0.6) is 11.5 Å². The van der Waals surface area contributed by atoms with Gasteiger partial charge in [0.1, 0.15) is 11.5 Å². The number of aromatic hydroxyl groups is 2. The molecule has 1 aliphatic rings. The molecule has 0 aromatic heterocycles. The van der Waals surface area contributed by atoms with Gasteiger partial charge >= 0.3 is 0 Å². The van der Waals surface area contributed by atoms with E-state index in [9.17, 15) is 10.2 Å². The van der Waals surface area contributed by atoms with Crippen LogP contribution in [0.25, 0.3) is 0 Å². The number of anilines is 1. The van der Waals surface area contributed by atoms with Crippen LogP contribution in [-0.4, -0.2) is 21.6 Å². The molecular weight excluding hydrogens is 270 g/mol. The predicted molar refractivity (Wildman–Crippen MR) is 83.7 cm³/mol. The number of fused-ring (bicyclic) bond motifs is 1. The number of phenols is 2. The summed E-state index contributed by atoms with van der Waals surface area (Å²) >= 11 is 5.14. The Morgan fingerprint density at radius 1 is 1.05 bits per heavy atom. The van der Waals surface area contributed by atoms with Crippen molar-refractivity contribution in [1.29, 1.82) is 0 Å². The Labute approximate surface area is 122 Å². The molecule has 0 saturated carbocycles. The molecule has 0 spiro atoms. The van der Waals surface area contributed by atoms with E-state index in [2.05, 4.69) is 5.32 Å². The summed E-state index contributed by atoms with van der Waals surface area (Å²) in [7, 11) is 0. The van der Waals surface area contributed by atoms with Crippen LogP contribution in [-0.2, 0) is 6.42 Å². The van der Waals surface area contributed by atoms with Crippen LogP contribution in [0.3, 0.4) is 0 Å². The second-order valence-electron chi connectivity index (χ2n) is 5.05. The van der Waals surface area contributed by atoms with Crippen molar-refractivity contribution >= 4 is 23.3 Å². The highest BCUT2D eigenvalue weighted by atomic mass is 32.1. The molecule has 0 radical (unpaired) electrons. The fourth-order valence-corrected chi connectivity index (χ4v) is 2.95. The van der Waals surface area contributed by atoms with Crippen molar-refractivity contribution < 1.29 is 10.2 Å². The van der Waals surface area contributed by atoms with E-state index in [0.29, 0.717) is 0 Å². The largest absolute Gasteiger partial charge is 0.508 e. The normalized spacial score (nSPS) is 20.8. The van der Waals surface area contributed by atoms with Crippen molar-refractivity contribution in [3.05, 3.63) is 53.6 Å². The first-order valence-electron chi connectivity index (χ1n) is 6.50. The highest BCUT2D eigenvalue weighted by molar-refractivity contribution is 7.79. The Hall–Kier alpha value is -2.07. The Kier molecular flexibility index (Phi) is 3.32. The van der Waals surface area contributed by atoms with Gasteiger partial charge in [0, 0.05) is 23.0 Å². The van der Waals surface area contributed by atoms with E-state index in [1.54, 1.807) is 29.6 Å². The average Bonchev–Trinajstić information content (AvgIpc) is 2.46. The Bertz CT molecular complexity index is 639. The zero-order valence-electron chi connectivity index (χ0n) is 10.8. The van der Waals surface area contributed by atoms with E-state index in [4.69, 9.17) is 12.2 Å². The van der Waals surface area contributed by atoms with Crippen molar-refractivity contribution in [2.75, 3.05) is 5.32 Å². The molecule has 2 aromatic carbocycles. The molecule has 3 N–H and O–H groups in total. The minimum absolute atomic E-state index is 0.0313. The maximum absolute atomic E-state index is 9.56. The van der Waals surface area contributed by atoms with E-state index >= 15 is 0 Å². The van der Waals surface area contributed by atoms with Gasteiger partial charge in [-0.3, -0.25) is 0 Å². The van der Waals surface area contributed by atoms with Crippen LogP contribution in [0.2, 0.25) is 0 Å². The van der Waals surface area contributed by atoms with Gasteiger partial charge < -0.3 is 15.5 Å². The lowest BCUT2D eigenvalue weighted by Crippen LogP contribution is -2.34. The summed E-state index contributed by atoms with van der Waals surface area (Å²) in [5.41, 5.74) is 3.24. The third kappa shape index (κ3) is 2.34. The van der Waals surface area contributed by atoms with Gasteiger partial charge in [-0.1, -0.05) is 30.4 Å². The standard InChI is InChI=1S/C16H15NO2S/c18-12-4-1-10(2-5-12)14-7-11-3-6-13(19)8-15(11)17-16(14)9-20/h1-6,8-9,14,16-19H,7H2.